The number of hydrogen-bond donors (Lipinski definition) is 1. The standard InChI is InChI=1S/C15H14ClNO6S/c1-22-12-8-14(13(23-2)7-11(12)16)24(20,21)17-10-5-3-4-9(6-10)15(18)19/h3-8,17H,1-2H3,(H,18,19)/p-1. The molecule has 0 bridgehead atoms. The van der Waals surface area contributed by atoms with E-state index < -0.39 is 16.0 Å². The molecule has 2 aromatic carbocycles. The third kappa shape index (κ3) is 3.72. The number of sulfonamides is 1. The molecule has 1 N–H and O–H groups in total. The van der Waals surface area contributed by atoms with Crippen LogP contribution in [-0.2, 0) is 10.0 Å². The van der Waals surface area contributed by atoms with E-state index in [2.05, 4.69) is 4.72 Å². The maximum atomic E-state index is 12.6. The van der Waals surface area contributed by atoms with E-state index in [1.165, 1.54) is 44.6 Å². The first-order valence-corrected chi connectivity index (χ1v) is 8.40. The summed E-state index contributed by atoms with van der Waals surface area (Å²) >= 11 is 5.95. The molecule has 7 nitrogen and oxygen atoms in total. The van der Waals surface area contributed by atoms with Gasteiger partial charge in [-0.15, -0.1) is 0 Å². The minimum absolute atomic E-state index is 0.0179. The van der Waals surface area contributed by atoms with Crippen LogP contribution < -0.4 is 19.3 Å². The smallest absolute Gasteiger partial charge is 0.265 e. The molecule has 0 saturated carbocycles. The second-order valence-corrected chi connectivity index (χ2v) is 6.67. The maximum absolute atomic E-state index is 12.6. The van der Waals surface area contributed by atoms with Crippen LogP contribution in [0.25, 0.3) is 0 Å². The fourth-order valence-electron chi connectivity index (χ4n) is 1.96. The summed E-state index contributed by atoms with van der Waals surface area (Å²) in [5.41, 5.74) is -0.0940. The zero-order valence-electron chi connectivity index (χ0n) is 12.7. The van der Waals surface area contributed by atoms with Gasteiger partial charge >= 0.3 is 0 Å². The second kappa shape index (κ2) is 6.98. The van der Waals surface area contributed by atoms with E-state index in [-0.39, 0.29) is 32.7 Å². The zero-order chi connectivity index (χ0) is 17.9. The molecule has 0 aliphatic rings. The molecule has 9 heteroatoms. The Morgan fingerprint density at radius 1 is 1.12 bits per heavy atom. The number of rotatable bonds is 6. The van der Waals surface area contributed by atoms with E-state index >= 15 is 0 Å². The van der Waals surface area contributed by atoms with Gasteiger partial charge in [0.25, 0.3) is 10.0 Å². The van der Waals surface area contributed by atoms with E-state index in [1.807, 2.05) is 0 Å². The average Bonchev–Trinajstić information content (AvgIpc) is 2.54. The molecule has 0 atom stereocenters. The van der Waals surface area contributed by atoms with Gasteiger partial charge in [-0.3, -0.25) is 4.72 Å². The van der Waals surface area contributed by atoms with Gasteiger partial charge in [0.2, 0.25) is 0 Å². The summed E-state index contributed by atoms with van der Waals surface area (Å²) in [5, 5.41) is 11.1. The number of halogens is 1. The van der Waals surface area contributed by atoms with Crippen LogP contribution in [0.1, 0.15) is 10.4 Å². The van der Waals surface area contributed by atoms with Crippen molar-refractivity contribution in [3.8, 4) is 11.5 Å². The first-order valence-electron chi connectivity index (χ1n) is 6.54. The number of carboxylic acids is 1. The summed E-state index contributed by atoms with van der Waals surface area (Å²) in [6, 6.07) is 7.76. The number of aromatic carboxylic acids is 1. The monoisotopic (exact) mass is 370 g/mol. The number of benzene rings is 2. The lowest BCUT2D eigenvalue weighted by atomic mass is 10.2. The molecular weight excluding hydrogens is 358 g/mol. The lowest BCUT2D eigenvalue weighted by Crippen LogP contribution is -2.22. The van der Waals surface area contributed by atoms with Gasteiger partial charge in [0.1, 0.15) is 16.4 Å². The van der Waals surface area contributed by atoms with Crippen LogP contribution in [0.4, 0.5) is 5.69 Å². The fourth-order valence-corrected chi connectivity index (χ4v) is 3.41. The maximum Gasteiger partial charge on any atom is 0.265 e. The van der Waals surface area contributed by atoms with Crippen LogP contribution in [0, 0.1) is 0 Å². The van der Waals surface area contributed by atoms with Gasteiger partial charge in [0.05, 0.1) is 25.2 Å². The molecule has 0 radical (unpaired) electrons. The first kappa shape index (κ1) is 17.9. The van der Waals surface area contributed by atoms with Gasteiger partial charge in [0.15, 0.2) is 0 Å². The summed E-state index contributed by atoms with van der Waals surface area (Å²) in [6.45, 7) is 0. The van der Waals surface area contributed by atoms with E-state index in [0.29, 0.717) is 0 Å². The fraction of sp³-hybridized carbons (Fsp3) is 0.133. The predicted molar refractivity (Wildman–Crippen MR) is 86.1 cm³/mol. The normalized spacial score (nSPS) is 11.0. The minimum atomic E-state index is -4.07. The number of nitrogens with one attached hydrogen (secondary N) is 1. The topological polar surface area (TPSA) is 105 Å². The molecule has 0 aliphatic carbocycles. The lowest BCUT2D eigenvalue weighted by molar-refractivity contribution is -0.255. The number of anilines is 1. The highest BCUT2D eigenvalue weighted by Gasteiger charge is 2.22. The van der Waals surface area contributed by atoms with Gasteiger partial charge in [-0.25, -0.2) is 8.42 Å². The number of ether oxygens (including phenoxy) is 2. The Hall–Kier alpha value is -2.45. The summed E-state index contributed by atoms with van der Waals surface area (Å²) in [6.07, 6.45) is 0. The van der Waals surface area contributed by atoms with Gasteiger partial charge in [0, 0.05) is 17.8 Å². The number of carbonyl (C=O) groups excluding carboxylic acids is 1. The van der Waals surface area contributed by atoms with E-state index in [9.17, 15) is 18.3 Å². The molecule has 128 valence electrons. The highest BCUT2D eigenvalue weighted by atomic mass is 35.5. The van der Waals surface area contributed by atoms with E-state index in [4.69, 9.17) is 21.1 Å². The van der Waals surface area contributed by atoms with E-state index in [1.54, 1.807) is 0 Å². The molecule has 0 unspecified atom stereocenters. The van der Waals surface area contributed by atoms with Gasteiger partial charge < -0.3 is 19.4 Å². The van der Waals surface area contributed by atoms with Crippen molar-refractivity contribution in [1.82, 2.24) is 0 Å². The molecule has 0 amide bonds. The molecular formula is C15H13ClNO6S-. The van der Waals surface area contributed by atoms with Crippen molar-refractivity contribution in [3.05, 3.63) is 47.0 Å². The molecule has 0 heterocycles. The van der Waals surface area contributed by atoms with Crippen LogP contribution in [-0.4, -0.2) is 28.6 Å². The number of hydrogen-bond acceptors (Lipinski definition) is 6. The molecule has 2 aromatic rings. The minimum Gasteiger partial charge on any atom is -0.545 e. The summed E-state index contributed by atoms with van der Waals surface area (Å²) in [4.78, 5) is 10.7. The van der Waals surface area contributed by atoms with Crippen molar-refractivity contribution in [2.24, 2.45) is 0 Å². The molecule has 2 rings (SSSR count). The van der Waals surface area contributed by atoms with Crippen LogP contribution >= 0.6 is 11.6 Å². The molecule has 0 fully saturated rings. The lowest BCUT2D eigenvalue weighted by Gasteiger charge is -2.14. The molecule has 0 spiro atoms. The first-order chi connectivity index (χ1) is 11.3. The molecule has 0 aliphatic heterocycles. The van der Waals surface area contributed by atoms with Crippen molar-refractivity contribution < 1.29 is 27.8 Å². The quantitative estimate of drug-likeness (QED) is 0.826. The summed E-state index contributed by atoms with van der Waals surface area (Å²) in [5.74, 6) is -1.24. The Bertz CT molecular complexity index is 882. The van der Waals surface area contributed by atoms with Gasteiger partial charge in [-0.1, -0.05) is 23.7 Å². The number of methoxy groups -OCH3 is 2. The van der Waals surface area contributed by atoms with Crippen molar-refractivity contribution >= 4 is 33.3 Å². The van der Waals surface area contributed by atoms with Crippen LogP contribution in [0.15, 0.2) is 41.3 Å². The number of carbonyl (C=O) groups is 1. The summed E-state index contributed by atoms with van der Waals surface area (Å²) < 4.78 is 37.5. The third-order valence-electron chi connectivity index (χ3n) is 3.08. The van der Waals surface area contributed by atoms with Crippen LogP contribution in [0.2, 0.25) is 5.02 Å². The van der Waals surface area contributed by atoms with E-state index in [0.717, 1.165) is 6.07 Å². The van der Waals surface area contributed by atoms with Crippen LogP contribution in [0.3, 0.4) is 0 Å². The molecule has 0 aromatic heterocycles. The van der Waals surface area contributed by atoms with Crippen molar-refractivity contribution in [3.63, 3.8) is 0 Å². The van der Waals surface area contributed by atoms with Gasteiger partial charge in [-0.2, -0.15) is 0 Å². The van der Waals surface area contributed by atoms with Crippen LogP contribution in [0.5, 0.6) is 11.5 Å². The average molecular weight is 371 g/mol. The summed E-state index contributed by atoms with van der Waals surface area (Å²) in [7, 11) is -1.43. The van der Waals surface area contributed by atoms with Crippen molar-refractivity contribution in [1.29, 1.82) is 0 Å². The number of carboxylic acid groups (broad SMARTS) is 1. The molecule has 0 saturated heterocycles. The molecule has 24 heavy (non-hydrogen) atoms. The SMILES string of the molecule is COc1cc(S(=O)(=O)Nc2cccc(C(=O)[O-])c2)c(OC)cc1Cl. The van der Waals surface area contributed by atoms with Gasteiger partial charge in [-0.05, 0) is 17.7 Å². The predicted octanol–water partition coefficient (Wildman–Crippen LogP) is 1.52. The Labute approximate surface area is 143 Å². The Morgan fingerprint density at radius 3 is 2.38 bits per heavy atom. The highest BCUT2D eigenvalue weighted by Crippen LogP contribution is 2.35. The van der Waals surface area contributed by atoms with Crippen molar-refractivity contribution in [2.75, 3.05) is 18.9 Å². The largest absolute Gasteiger partial charge is 0.545 e. The van der Waals surface area contributed by atoms with Crippen molar-refractivity contribution in [2.45, 2.75) is 4.90 Å². The third-order valence-corrected chi connectivity index (χ3v) is 4.78. The Kier molecular flexibility index (Phi) is 5.20. The zero-order valence-corrected chi connectivity index (χ0v) is 14.3. The Morgan fingerprint density at radius 2 is 1.79 bits per heavy atom. The highest BCUT2D eigenvalue weighted by molar-refractivity contribution is 7.92. The Balaban J connectivity index is 2.47. The second-order valence-electron chi connectivity index (χ2n) is 4.61.